The minimum atomic E-state index is -1.88. The van der Waals surface area contributed by atoms with Gasteiger partial charge in [0.25, 0.3) is 0 Å². The van der Waals surface area contributed by atoms with Crippen molar-refractivity contribution in [1.82, 2.24) is 0 Å². The predicted octanol–water partition coefficient (Wildman–Crippen LogP) is 3.30. The minimum absolute atomic E-state index is 0.0162. The van der Waals surface area contributed by atoms with E-state index < -0.39 is 124 Å². The fourth-order valence-electron chi connectivity index (χ4n) is 10.7. The maximum absolute atomic E-state index is 15.5. The molecular weight excluding hydrogens is 680 g/mol. The van der Waals surface area contributed by atoms with E-state index in [-0.39, 0.29) is 24.8 Å². The van der Waals surface area contributed by atoms with Gasteiger partial charge in [-0.2, -0.15) is 0 Å². The topological polar surface area (TPSA) is 184 Å². The van der Waals surface area contributed by atoms with Crippen molar-refractivity contribution in [1.29, 1.82) is 0 Å². The summed E-state index contributed by atoms with van der Waals surface area (Å²) >= 11 is 0. The van der Waals surface area contributed by atoms with E-state index in [0.717, 1.165) is 6.92 Å². The highest BCUT2D eigenvalue weighted by atomic mass is 16.6. The Hall–Kier alpha value is -4.33. The summed E-state index contributed by atoms with van der Waals surface area (Å²) in [5.41, 5.74) is -6.46. The van der Waals surface area contributed by atoms with Crippen LogP contribution in [0.5, 0.6) is 0 Å². The van der Waals surface area contributed by atoms with Gasteiger partial charge in [0.2, 0.25) is 0 Å². The Morgan fingerprint density at radius 2 is 1.44 bits per heavy atom. The Morgan fingerprint density at radius 1 is 0.808 bits per heavy atom. The molecule has 5 fully saturated rings. The van der Waals surface area contributed by atoms with Crippen LogP contribution in [0.15, 0.2) is 30.3 Å². The molecule has 2 bridgehead atoms. The van der Waals surface area contributed by atoms with Gasteiger partial charge in [-0.3, -0.25) is 28.8 Å². The number of Topliss-reactive ketones (excluding diaryl/α,β-unsaturated/α-hetero) is 1. The molecule has 8 unspecified atom stereocenters. The van der Waals surface area contributed by atoms with Gasteiger partial charge in [-0.05, 0) is 44.7 Å². The van der Waals surface area contributed by atoms with Crippen molar-refractivity contribution in [2.75, 3.05) is 6.61 Å². The monoisotopic (exact) mass is 726 g/mol. The van der Waals surface area contributed by atoms with Crippen LogP contribution in [0.3, 0.4) is 0 Å². The van der Waals surface area contributed by atoms with Crippen LogP contribution < -0.4 is 0 Å². The second-order valence-corrected chi connectivity index (χ2v) is 15.4. The fourth-order valence-corrected chi connectivity index (χ4v) is 10.7. The molecule has 4 saturated carbocycles. The van der Waals surface area contributed by atoms with Gasteiger partial charge in [0.1, 0.15) is 23.4 Å². The zero-order valence-corrected chi connectivity index (χ0v) is 30.6. The van der Waals surface area contributed by atoms with Crippen molar-refractivity contribution in [3.05, 3.63) is 35.9 Å². The lowest BCUT2D eigenvalue weighted by Gasteiger charge is -2.64. The number of esters is 6. The number of ether oxygens (including phenoxy) is 7. The molecule has 1 saturated heterocycles. The van der Waals surface area contributed by atoms with E-state index in [1.807, 2.05) is 0 Å². The molecule has 4 aliphatic carbocycles. The van der Waals surface area contributed by atoms with Gasteiger partial charge in [0, 0.05) is 51.9 Å². The second kappa shape index (κ2) is 13.0. The summed E-state index contributed by atoms with van der Waals surface area (Å²) in [5.74, 6) is -9.31. The summed E-state index contributed by atoms with van der Waals surface area (Å²) in [6, 6.07) is 8.12. The molecule has 1 aliphatic heterocycles. The summed E-state index contributed by atoms with van der Waals surface area (Å²) in [5, 5.41) is 0. The molecule has 5 aliphatic rings. The first kappa shape index (κ1) is 37.4. The Balaban J connectivity index is 1.66. The Bertz CT molecular complexity index is 1690. The van der Waals surface area contributed by atoms with Crippen molar-refractivity contribution in [2.45, 2.75) is 116 Å². The first-order valence-electron chi connectivity index (χ1n) is 17.7. The maximum Gasteiger partial charge on any atom is 0.338 e. The highest BCUT2D eigenvalue weighted by Gasteiger charge is 2.86. The number of rotatable bonds is 8. The quantitative estimate of drug-likeness (QED) is 0.281. The number of carbonyl (C=O) groups excluding carboxylic acids is 7. The molecule has 1 aromatic rings. The average Bonchev–Trinajstić information content (AvgIpc) is 3.48. The van der Waals surface area contributed by atoms with Gasteiger partial charge < -0.3 is 33.2 Å². The summed E-state index contributed by atoms with van der Waals surface area (Å²) < 4.78 is 43.5. The van der Waals surface area contributed by atoms with E-state index >= 15 is 4.79 Å². The van der Waals surface area contributed by atoms with Crippen molar-refractivity contribution in [3.8, 4) is 0 Å². The van der Waals surface area contributed by atoms with Gasteiger partial charge in [-0.15, -0.1) is 0 Å². The first-order chi connectivity index (χ1) is 24.4. The van der Waals surface area contributed by atoms with Crippen LogP contribution in [-0.2, 0) is 61.9 Å². The highest BCUT2D eigenvalue weighted by Crippen LogP contribution is 2.73. The van der Waals surface area contributed by atoms with Crippen molar-refractivity contribution >= 4 is 41.6 Å². The smallest absolute Gasteiger partial charge is 0.338 e. The van der Waals surface area contributed by atoms with Crippen molar-refractivity contribution < 1.29 is 66.7 Å². The maximum atomic E-state index is 15.5. The van der Waals surface area contributed by atoms with E-state index in [0.29, 0.717) is 0 Å². The van der Waals surface area contributed by atoms with E-state index in [1.54, 1.807) is 58.0 Å². The largest absolute Gasteiger partial charge is 0.461 e. The predicted molar refractivity (Wildman–Crippen MR) is 176 cm³/mol. The molecule has 13 atom stereocenters. The van der Waals surface area contributed by atoms with Gasteiger partial charge in [0.15, 0.2) is 23.6 Å². The molecular formula is C38H46O14. The standard InChI is InChI=1S/C38H46O14/c1-9-25(43)49-28-18(2)15-38(52-22(6)42)27(28)32(47-19(3)39)37-17-46-36(8,34(38)48-20(4)40)30(37)26-24(16-35(26,7)51-21(5)41)29(31(37)44)50-33(45)23-13-11-10-12-14-23/h10-14,18,24,26-30,32,34H,9,15-17H2,1-8H3/t18-,24?,26?,27?,28?,29+,30-,32?,34-,35?,36?,37?,38+/m0/s1. The van der Waals surface area contributed by atoms with Gasteiger partial charge in [-0.1, -0.05) is 32.0 Å². The zero-order valence-electron chi connectivity index (χ0n) is 30.6. The lowest BCUT2D eigenvalue weighted by molar-refractivity contribution is -0.258. The lowest BCUT2D eigenvalue weighted by atomic mass is 9.42. The van der Waals surface area contributed by atoms with Crippen LogP contribution in [0.4, 0.5) is 0 Å². The number of benzene rings is 1. The third kappa shape index (κ3) is 5.50. The van der Waals surface area contributed by atoms with E-state index in [1.165, 1.54) is 20.8 Å². The third-order valence-corrected chi connectivity index (χ3v) is 12.1. The minimum Gasteiger partial charge on any atom is -0.461 e. The molecule has 1 aromatic carbocycles. The van der Waals surface area contributed by atoms with Gasteiger partial charge in [-0.25, -0.2) is 4.79 Å². The van der Waals surface area contributed by atoms with Crippen molar-refractivity contribution in [2.24, 2.45) is 35.0 Å². The molecule has 52 heavy (non-hydrogen) atoms. The summed E-state index contributed by atoms with van der Waals surface area (Å²) in [7, 11) is 0. The third-order valence-electron chi connectivity index (χ3n) is 12.1. The zero-order chi connectivity index (χ0) is 38.1. The van der Waals surface area contributed by atoms with Gasteiger partial charge in [0.05, 0.1) is 23.5 Å². The normalized spacial score (nSPS) is 41.1. The summed E-state index contributed by atoms with van der Waals surface area (Å²) in [6.07, 6.45) is -5.43. The molecule has 6 rings (SSSR count). The van der Waals surface area contributed by atoms with Gasteiger partial charge >= 0.3 is 35.8 Å². The van der Waals surface area contributed by atoms with Crippen LogP contribution in [0.2, 0.25) is 0 Å². The first-order valence-corrected chi connectivity index (χ1v) is 17.7. The van der Waals surface area contributed by atoms with Crippen LogP contribution in [0, 0.1) is 35.0 Å². The summed E-state index contributed by atoms with van der Waals surface area (Å²) in [6.45, 7) is 11.1. The van der Waals surface area contributed by atoms with E-state index in [4.69, 9.17) is 33.2 Å². The average molecular weight is 727 g/mol. The number of hydrogen-bond acceptors (Lipinski definition) is 14. The molecule has 14 heteroatoms. The molecule has 14 nitrogen and oxygen atoms in total. The molecule has 1 heterocycles. The highest BCUT2D eigenvalue weighted by molar-refractivity contribution is 5.97. The van der Waals surface area contributed by atoms with Crippen LogP contribution in [0.25, 0.3) is 0 Å². The molecule has 282 valence electrons. The molecule has 0 N–H and O–H groups in total. The van der Waals surface area contributed by atoms with Crippen LogP contribution in [-0.4, -0.2) is 89.4 Å². The van der Waals surface area contributed by atoms with E-state index in [9.17, 15) is 28.8 Å². The SMILES string of the molecule is CCC(=O)OC1C2C(OC(C)=O)C34COC(C)([C@@H]3C3C(CC3(C)OC(C)=O)[C@@H](OC(=O)c3ccccc3)C4=O)[C@H](OC(C)=O)[C@@]2(OC(C)=O)C[C@@H]1C. The summed E-state index contributed by atoms with van der Waals surface area (Å²) in [4.78, 5) is 94.4. The second-order valence-electron chi connectivity index (χ2n) is 15.4. The number of hydrogen-bond donors (Lipinski definition) is 0. The molecule has 0 radical (unpaired) electrons. The van der Waals surface area contributed by atoms with Crippen molar-refractivity contribution in [3.63, 3.8) is 0 Å². The number of carbonyl (C=O) groups is 7. The van der Waals surface area contributed by atoms with Crippen LogP contribution in [0.1, 0.15) is 85.0 Å². The Morgan fingerprint density at radius 3 is 2.02 bits per heavy atom. The Kier molecular flexibility index (Phi) is 9.33. The fraction of sp³-hybridized carbons (Fsp3) is 0.658. The molecule has 0 amide bonds. The molecule has 0 aromatic heterocycles. The number of ketones is 1. The molecule has 0 spiro atoms. The lowest BCUT2D eigenvalue weighted by Crippen LogP contribution is -2.75. The number of fused-ring (bicyclic) bond motifs is 2. The van der Waals surface area contributed by atoms with Crippen LogP contribution >= 0.6 is 0 Å². The Labute approximate surface area is 301 Å². The van der Waals surface area contributed by atoms with E-state index in [2.05, 4.69) is 0 Å².